The average molecular weight is 443 g/mol. The van der Waals surface area contributed by atoms with Gasteiger partial charge in [-0.05, 0) is 46.7 Å². The van der Waals surface area contributed by atoms with Crippen LogP contribution >= 0.6 is 11.6 Å². The molecule has 1 N–H and O–H groups in total. The molecule has 0 bridgehead atoms. The van der Waals surface area contributed by atoms with E-state index >= 15 is 0 Å². The third-order valence-electron chi connectivity index (χ3n) is 4.80. The van der Waals surface area contributed by atoms with E-state index in [1.807, 2.05) is 60.7 Å². The van der Waals surface area contributed by atoms with Crippen LogP contribution < -0.4 is 10.2 Å². The van der Waals surface area contributed by atoms with Gasteiger partial charge in [-0.2, -0.15) is 5.10 Å². The number of esters is 1. The molecule has 0 aliphatic carbocycles. The Morgan fingerprint density at radius 2 is 1.59 bits per heavy atom. The summed E-state index contributed by atoms with van der Waals surface area (Å²) in [7, 11) is 0. The van der Waals surface area contributed by atoms with E-state index in [9.17, 15) is 9.59 Å². The summed E-state index contributed by atoms with van der Waals surface area (Å²) in [4.78, 5) is 24.8. The second-order valence-corrected chi connectivity index (χ2v) is 7.49. The second-order valence-electron chi connectivity index (χ2n) is 7.05. The molecule has 0 radical (unpaired) electrons. The monoisotopic (exact) mass is 442 g/mol. The Bertz CT molecular complexity index is 1290. The molecule has 0 saturated carbocycles. The van der Waals surface area contributed by atoms with Crippen molar-refractivity contribution < 1.29 is 14.3 Å². The minimum Gasteiger partial charge on any atom is -0.422 e. The van der Waals surface area contributed by atoms with Crippen molar-refractivity contribution in [3.05, 3.63) is 113 Å². The Morgan fingerprint density at radius 1 is 0.875 bits per heavy atom. The lowest BCUT2D eigenvalue weighted by Gasteiger charge is -2.10. The van der Waals surface area contributed by atoms with Gasteiger partial charge < -0.3 is 4.74 Å². The van der Waals surface area contributed by atoms with Crippen molar-refractivity contribution in [2.45, 2.75) is 6.42 Å². The quantitative estimate of drug-likeness (QED) is 0.188. The molecule has 5 nitrogen and oxygen atoms in total. The maximum absolute atomic E-state index is 12.6. The van der Waals surface area contributed by atoms with Crippen molar-refractivity contribution in [3.63, 3.8) is 0 Å². The van der Waals surface area contributed by atoms with Gasteiger partial charge in [0, 0.05) is 10.6 Å². The van der Waals surface area contributed by atoms with Crippen molar-refractivity contribution in [2.75, 3.05) is 0 Å². The predicted molar refractivity (Wildman–Crippen MR) is 126 cm³/mol. The number of benzene rings is 4. The highest BCUT2D eigenvalue weighted by Gasteiger charge is 2.13. The van der Waals surface area contributed by atoms with E-state index in [0.29, 0.717) is 21.9 Å². The molecule has 0 aliphatic heterocycles. The van der Waals surface area contributed by atoms with Crippen LogP contribution in [-0.2, 0) is 11.2 Å². The molecule has 4 aromatic rings. The van der Waals surface area contributed by atoms with Crippen LogP contribution in [0.1, 0.15) is 21.5 Å². The molecular formula is C26H19ClN2O3. The third-order valence-corrected chi connectivity index (χ3v) is 5.06. The van der Waals surface area contributed by atoms with Crippen molar-refractivity contribution in [3.8, 4) is 5.75 Å². The van der Waals surface area contributed by atoms with E-state index in [2.05, 4.69) is 10.5 Å². The van der Waals surface area contributed by atoms with Crippen LogP contribution in [0.5, 0.6) is 5.75 Å². The smallest absolute Gasteiger partial charge is 0.343 e. The first-order chi connectivity index (χ1) is 15.6. The number of rotatable bonds is 6. The number of hydrogen-bond donors (Lipinski definition) is 1. The van der Waals surface area contributed by atoms with Gasteiger partial charge in [0.15, 0.2) is 0 Å². The number of nitrogens with one attached hydrogen (secondary N) is 1. The van der Waals surface area contributed by atoms with E-state index < -0.39 is 5.97 Å². The summed E-state index contributed by atoms with van der Waals surface area (Å²) in [5, 5.41) is 6.44. The SMILES string of the molecule is O=C(Cc1ccccc1)N/N=C/c1c(OC(=O)c2ccc(Cl)cc2)ccc2ccccc12. The van der Waals surface area contributed by atoms with Crippen molar-refractivity contribution in [1.29, 1.82) is 0 Å². The number of hydrazone groups is 1. The molecule has 0 spiro atoms. The summed E-state index contributed by atoms with van der Waals surface area (Å²) in [6, 6.07) is 27.1. The number of halogens is 1. The highest BCUT2D eigenvalue weighted by atomic mass is 35.5. The normalized spacial score (nSPS) is 10.9. The number of ether oxygens (including phenoxy) is 1. The average Bonchev–Trinajstić information content (AvgIpc) is 2.81. The predicted octanol–water partition coefficient (Wildman–Crippen LogP) is 5.41. The van der Waals surface area contributed by atoms with E-state index in [-0.39, 0.29) is 12.3 Å². The van der Waals surface area contributed by atoms with Gasteiger partial charge in [0.05, 0.1) is 18.2 Å². The maximum Gasteiger partial charge on any atom is 0.343 e. The van der Waals surface area contributed by atoms with E-state index in [1.54, 1.807) is 30.3 Å². The first-order valence-electron chi connectivity index (χ1n) is 9.95. The van der Waals surface area contributed by atoms with Crippen molar-refractivity contribution in [2.24, 2.45) is 5.10 Å². The molecule has 0 saturated heterocycles. The van der Waals surface area contributed by atoms with Crippen molar-refractivity contribution in [1.82, 2.24) is 5.43 Å². The molecular weight excluding hydrogens is 424 g/mol. The molecule has 6 heteroatoms. The zero-order valence-electron chi connectivity index (χ0n) is 17.0. The number of carbonyl (C=O) groups excluding carboxylic acids is 2. The number of fused-ring (bicyclic) bond motifs is 1. The second kappa shape index (κ2) is 9.90. The molecule has 4 aromatic carbocycles. The molecule has 4 rings (SSSR count). The van der Waals surface area contributed by atoms with Gasteiger partial charge in [-0.3, -0.25) is 4.79 Å². The fourth-order valence-electron chi connectivity index (χ4n) is 3.23. The van der Waals surface area contributed by atoms with Crippen LogP contribution in [0.3, 0.4) is 0 Å². The number of amides is 1. The lowest BCUT2D eigenvalue weighted by Crippen LogP contribution is -2.19. The van der Waals surface area contributed by atoms with Crippen molar-refractivity contribution >= 4 is 40.5 Å². The fraction of sp³-hybridized carbons (Fsp3) is 0.0385. The Balaban J connectivity index is 1.57. The Kier molecular flexibility index (Phi) is 6.58. The minimum atomic E-state index is -0.514. The zero-order chi connectivity index (χ0) is 22.3. The molecule has 0 heterocycles. The molecule has 0 unspecified atom stereocenters. The van der Waals surface area contributed by atoms with Gasteiger partial charge in [0.2, 0.25) is 5.91 Å². The molecule has 0 fully saturated rings. The highest BCUT2D eigenvalue weighted by Crippen LogP contribution is 2.27. The highest BCUT2D eigenvalue weighted by molar-refractivity contribution is 6.30. The van der Waals surface area contributed by atoms with Gasteiger partial charge in [-0.25, -0.2) is 10.2 Å². The summed E-state index contributed by atoms with van der Waals surface area (Å²) < 4.78 is 5.65. The van der Waals surface area contributed by atoms with Gasteiger partial charge in [0.25, 0.3) is 0 Å². The van der Waals surface area contributed by atoms with E-state index in [0.717, 1.165) is 16.3 Å². The molecule has 32 heavy (non-hydrogen) atoms. The lowest BCUT2D eigenvalue weighted by molar-refractivity contribution is -0.120. The van der Waals surface area contributed by atoms with Gasteiger partial charge in [-0.1, -0.05) is 72.3 Å². The third kappa shape index (κ3) is 5.20. The summed E-state index contributed by atoms with van der Waals surface area (Å²) in [6.07, 6.45) is 1.71. The fourth-order valence-corrected chi connectivity index (χ4v) is 3.36. The topological polar surface area (TPSA) is 67.8 Å². The first kappa shape index (κ1) is 21.3. The Hall–Kier alpha value is -3.96. The molecule has 0 aromatic heterocycles. The minimum absolute atomic E-state index is 0.214. The summed E-state index contributed by atoms with van der Waals surface area (Å²) in [5.74, 6) is -0.420. The van der Waals surface area contributed by atoms with Crippen LogP contribution in [0.2, 0.25) is 5.02 Å². The molecule has 0 atom stereocenters. The van der Waals surface area contributed by atoms with Crippen LogP contribution in [0.25, 0.3) is 10.8 Å². The largest absolute Gasteiger partial charge is 0.422 e. The molecule has 1 amide bonds. The Labute approximate surface area is 190 Å². The van der Waals surface area contributed by atoms with Gasteiger partial charge in [-0.15, -0.1) is 0 Å². The van der Waals surface area contributed by atoms with E-state index in [4.69, 9.17) is 16.3 Å². The van der Waals surface area contributed by atoms with Crippen LogP contribution in [-0.4, -0.2) is 18.1 Å². The van der Waals surface area contributed by atoms with Crippen LogP contribution in [0.4, 0.5) is 0 Å². The molecule has 0 aliphatic rings. The molecule has 158 valence electrons. The van der Waals surface area contributed by atoms with Gasteiger partial charge >= 0.3 is 5.97 Å². The Morgan fingerprint density at radius 3 is 2.38 bits per heavy atom. The lowest BCUT2D eigenvalue weighted by atomic mass is 10.0. The standard InChI is InChI=1S/C26H19ClN2O3/c27-21-13-10-20(11-14-21)26(31)32-24-15-12-19-8-4-5-9-22(19)23(24)17-28-29-25(30)16-18-6-2-1-3-7-18/h1-15,17H,16H2,(H,29,30)/b28-17+. The van der Waals surface area contributed by atoms with Gasteiger partial charge in [0.1, 0.15) is 5.75 Å². The summed E-state index contributed by atoms with van der Waals surface area (Å²) >= 11 is 5.90. The number of hydrogen-bond acceptors (Lipinski definition) is 4. The zero-order valence-corrected chi connectivity index (χ0v) is 17.8. The van der Waals surface area contributed by atoms with E-state index in [1.165, 1.54) is 6.21 Å². The number of carbonyl (C=O) groups is 2. The number of nitrogens with zero attached hydrogens (tertiary/aromatic N) is 1. The first-order valence-corrected chi connectivity index (χ1v) is 10.3. The summed E-state index contributed by atoms with van der Waals surface area (Å²) in [5.41, 5.74) is 4.39. The van der Waals surface area contributed by atoms with Crippen LogP contribution in [0, 0.1) is 0 Å². The summed E-state index contributed by atoms with van der Waals surface area (Å²) in [6.45, 7) is 0. The maximum atomic E-state index is 12.6. The van der Waals surface area contributed by atoms with Crippen LogP contribution in [0.15, 0.2) is 96.1 Å².